The van der Waals surface area contributed by atoms with Crippen LogP contribution in [0.1, 0.15) is 31.0 Å². The number of hydrogen-bond acceptors (Lipinski definition) is 1. The van der Waals surface area contributed by atoms with E-state index in [0.29, 0.717) is 0 Å². The lowest BCUT2D eigenvalue weighted by Crippen LogP contribution is -1.93. The molecule has 0 bridgehead atoms. The molecule has 0 aliphatic rings. The van der Waals surface area contributed by atoms with Gasteiger partial charge in [-0.15, -0.1) is 0 Å². The lowest BCUT2D eigenvalue weighted by Gasteiger charge is -2.01. The van der Waals surface area contributed by atoms with E-state index in [1.165, 1.54) is 24.1 Å². The fraction of sp³-hybridized carbons (Fsp3) is 0.500. The average Bonchev–Trinajstić information content (AvgIpc) is 1.99. The molecule has 0 aromatic carbocycles. The summed E-state index contributed by atoms with van der Waals surface area (Å²) in [5.41, 5.74) is 2.56. The second-order valence-electron chi connectivity index (χ2n) is 3.06. The van der Waals surface area contributed by atoms with Crippen molar-refractivity contribution in [2.45, 2.75) is 33.1 Å². The van der Waals surface area contributed by atoms with Crippen LogP contribution in [0, 0.1) is 10.6 Å². The van der Waals surface area contributed by atoms with Crippen LogP contribution in [0.5, 0.6) is 0 Å². The molecule has 0 spiro atoms. The molecule has 0 unspecified atom stereocenters. The SMILES string of the molecule is CCCCc1cc(C)cc(I)n1. The Balaban J connectivity index is 2.72. The molecule has 0 N–H and O–H groups in total. The van der Waals surface area contributed by atoms with Crippen molar-refractivity contribution in [3.8, 4) is 0 Å². The van der Waals surface area contributed by atoms with E-state index in [1.54, 1.807) is 0 Å². The number of hydrogen-bond donors (Lipinski definition) is 0. The summed E-state index contributed by atoms with van der Waals surface area (Å²) in [6.07, 6.45) is 3.60. The molecule has 0 amide bonds. The molecule has 1 heterocycles. The maximum absolute atomic E-state index is 4.46. The van der Waals surface area contributed by atoms with Crippen LogP contribution in [-0.4, -0.2) is 4.98 Å². The fourth-order valence-corrected chi connectivity index (χ4v) is 1.98. The van der Waals surface area contributed by atoms with E-state index in [4.69, 9.17) is 0 Å². The third-order valence-electron chi connectivity index (χ3n) is 1.78. The second-order valence-corrected chi connectivity index (χ2v) is 4.17. The van der Waals surface area contributed by atoms with Gasteiger partial charge in [-0.3, -0.25) is 0 Å². The van der Waals surface area contributed by atoms with Crippen LogP contribution in [0.3, 0.4) is 0 Å². The van der Waals surface area contributed by atoms with Gasteiger partial charge in [0.25, 0.3) is 0 Å². The van der Waals surface area contributed by atoms with Crippen molar-refractivity contribution in [3.05, 3.63) is 27.1 Å². The van der Waals surface area contributed by atoms with E-state index in [1.807, 2.05) is 0 Å². The van der Waals surface area contributed by atoms with Crippen LogP contribution in [0.25, 0.3) is 0 Å². The highest BCUT2D eigenvalue weighted by Gasteiger charge is 1.97. The first kappa shape index (κ1) is 9.96. The second kappa shape index (κ2) is 4.80. The predicted octanol–water partition coefficient (Wildman–Crippen LogP) is 3.34. The number of rotatable bonds is 3. The molecule has 0 atom stereocenters. The van der Waals surface area contributed by atoms with Crippen LogP contribution in [0.4, 0.5) is 0 Å². The van der Waals surface area contributed by atoms with Gasteiger partial charge in [0.2, 0.25) is 0 Å². The molecule has 1 aromatic rings. The quantitative estimate of drug-likeness (QED) is 0.609. The van der Waals surface area contributed by atoms with Crippen LogP contribution in [0.15, 0.2) is 12.1 Å². The van der Waals surface area contributed by atoms with E-state index in [2.05, 4.69) is 53.6 Å². The van der Waals surface area contributed by atoms with Crippen LogP contribution >= 0.6 is 22.6 Å². The Hall–Kier alpha value is -0.120. The zero-order valence-corrected chi connectivity index (χ0v) is 9.76. The van der Waals surface area contributed by atoms with Crippen molar-refractivity contribution < 1.29 is 0 Å². The molecule has 1 aromatic heterocycles. The van der Waals surface area contributed by atoms with Gasteiger partial charge in [-0.05, 0) is 60.1 Å². The molecule has 0 saturated heterocycles. The fourth-order valence-electron chi connectivity index (χ4n) is 1.18. The molecular formula is C10H14IN. The minimum Gasteiger partial charge on any atom is -0.247 e. The molecule has 0 radical (unpaired) electrons. The Labute approximate surface area is 87.7 Å². The highest BCUT2D eigenvalue weighted by atomic mass is 127. The Kier molecular flexibility index (Phi) is 3.98. The molecule has 1 rings (SSSR count). The Bertz CT molecular complexity index is 238. The van der Waals surface area contributed by atoms with Crippen LogP contribution in [-0.2, 0) is 6.42 Å². The van der Waals surface area contributed by atoms with E-state index in [-0.39, 0.29) is 0 Å². The summed E-state index contributed by atoms with van der Waals surface area (Å²) in [6.45, 7) is 4.33. The summed E-state index contributed by atoms with van der Waals surface area (Å²) in [5, 5.41) is 0. The predicted molar refractivity (Wildman–Crippen MR) is 60.3 cm³/mol. The molecular weight excluding hydrogens is 261 g/mol. The maximum Gasteiger partial charge on any atom is 0.101 e. The minimum absolute atomic E-state index is 1.11. The Morgan fingerprint density at radius 2 is 2.17 bits per heavy atom. The Morgan fingerprint density at radius 3 is 2.75 bits per heavy atom. The molecule has 0 fully saturated rings. The zero-order valence-electron chi connectivity index (χ0n) is 7.60. The summed E-state index contributed by atoms with van der Waals surface area (Å²) in [5.74, 6) is 0. The van der Waals surface area contributed by atoms with Crippen LogP contribution in [0.2, 0.25) is 0 Å². The van der Waals surface area contributed by atoms with E-state index >= 15 is 0 Å². The first-order valence-electron chi connectivity index (χ1n) is 4.35. The monoisotopic (exact) mass is 275 g/mol. The summed E-state index contributed by atoms with van der Waals surface area (Å²) in [4.78, 5) is 4.46. The van der Waals surface area contributed by atoms with Crippen molar-refractivity contribution >= 4 is 22.6 Å². The van der Waals surface area contributed by atoms with Crippen LogP contribution < -0.4 is 0 Å². The summed E-state index contributed by atoms with van der Waals surface area (Å²) in [6, 6.07) is 4.29. The highest BCUT2D eigenvalue weighted by Crippen LogP contribution is 2.09. The molecule has 12 heavy (non-hydrogen) atoms. The molecule has 0 aliphatic heterocycles. The average molecular weight is 275 g/mol. The van der Waals surface area contributed by atoms with Gasteiger partial charge >= 0.3 is 0 Å². The van der Waals surface area contributed by atoms with E-state index in [9.17, 15) is 0 Å². The Morgan fingerprint density at radius 1 is 1.42 bits per heavy atom. The van der Waals surface area contributed by atoms with Gasteiger partial charge in [-0.2, -0.15) is 0 Å². The largest absolute Gasteiger partial charge is 0.247 e. The third-order valence-corrected chi connectivity index (χ3v) is 2.33. The van der Waals surface area contributed by atoms with Crippen molar-refractivity contribution in [3.63, 3.8) is 0 Å². The van der Waals surface area contributed by atoms with Gasteiger partial charge in [-0.25, -0.2) is 4.98 Å². The topological polar surface area (TPSA) is 12.9 Å². The molecule has 2 heteroatoms. The van der Waals surface area contributed by atoms with E-state index in [0.717, 1.165) is 10.1 Å². The number of aromatic nitrogens is 1. The van der Waals surface area contributed by atoms with Gasteiger partial charge in [-0.1, -0.05) is 13.3 Å². The number of unbranched alkanes of at least 4 members (excludes halogenated alkanes) is 1. The standard InChI is InChI=1S/C10H14IN/c1-3-4-5-9-6-8(2)7-10(11)12-9/h6-7H,3-5H2,1-2H3. The van der Waals surface area contributed by atoms with Crippen molar-refractivity contribution in [1.82, 2.24) is 4.98 Å². The molecule has 0 aliphatic carbocycles. The van der Waals surface area contributed by atoms with Gasteiger partial charge < -0.3 is 0 Å². The van der Waals surface area contributed by atoms with Gasteiger partial charge in [0.05, 0.1) is 0 Å². The normalized spacial score (nSPS) is 10.2. The smallest absolute Gasteiger partial charge is 0.101 e. The van der Waals surface area contributed by atoms with Crippen molar-refractivity contribution in [2.24, 2.45) is 0 Å². The van der Waals surface area contributed by atoms with Gasteiger partial charge in [0.15, 0.2) is 0 Å². The summed E-state index contributed by atoms with van der Waals surface area (Å²) < 4.78 is 1.11. The number of pyridine rings is 1. The number of halogens is 1. The number of aryl methyl sites for hydroxylation is 2. The molecule has 66 valence electrons. The minimum atomic E-state index is 1.11. The van der Waals surface area contributed by atoms with Crippen molar-refractivity contribution in [2.75, 3.05) is 0 Å². The lowest BCUT2D eigenvalue weighted by atomic mass is 10.1. The van der Waals surface area contributed by atoms with Gasteiger partial charge in [0, 0.05) is 5.69 Å². The number of nitrogens with zero attached hydrogens (tertiary/aromatic N) is 1. The highest BCUT2D eigenvalue weighted by molar-refractivity contribution is 14.1. The zero-order chi connectivity index (χ0) is 8.97. The van der Waals surface area contributed by atoms with E-state index < -0.39 is 0 Å². The molecule has 1 nitrogen and oxygen atoms in total. The summed E-state index contributed by atoms with van der Waals surface area (Å²) in [7, 11) is 0. The summed E-state index contributed by atoms with van der Waals surface area (Å²) >= 11 is 2.27. The third kappa shape index (κ3) is 3.09. The first-order chi connectivity index (χ1) is 5.72. The molecule has 0 saturated carbocycles. The van der Waals surface area contributed by atoms with Gasteiger partial charge in [0.1, 0.15) is 3.70 Å². The lowest BCUT2D eigenvalue weighted by molar-refractivity contribution is 0.773. The van der Waals surface area contributed by atoms with Crippen molar-refractivity contribution in [1.29, 1.82) is 0 Å². The maximum atomic E-state index is 4.46. The first-order valence-corrected chi connectivity index (χ1v) is 5.43.